The molecule has 3 aromatic rings. The van der Waals surface area contributed by atoms with Crippen molar-refractivity contribution in [3.05, 3.63) is 78.4 Å². The van der Waals surface area contributed by atoms with E-state index in [2.05, 4.69) is 31.3 Å². The van der Waals surface area contributed by atoms with Crippen molar-refractivity contribution >= 4 is 22.6 Å². The lowest BCUT2D eigenvalue weighted by molar-refractivity contribution is 0.152. The molecule has 0 unspecified atom stereocenters. The van der Waals surface area contributed by atoms with E-state index in [0.717, 1.165) is 22.9 Å². The Balaban J connectivity index is 1.58. The van der Waals surface area contributed by atoms with E-state index in [-0.39, 0.29) is 5.41 Å². The lowest BCUT2D eigenvalue weighted by Crippen LogP contribution is -2.22. The second-order valence-corrected chi connectivity index (χ2v) is 6.79. The van der Waals surface area contributed by atoms with Crippen LogP contribution in [0.2, 0.25) is 0 Å². The van der Waals surface area contributed by atoms with Gasteiger partial charge in [0, 0.05) is 5.39 Å². The van der Waals surface area contributed by atoms with Crippen LogP contribution >= 0.6 is 0 Å². The van der Waals surface area contributed by atoms with Crippen molar-refractivity contribution < 1.29 is 9.53 Å². The van der Waals surface area contributed by atoms with Gasteiger partial charge in [0.25, 0.3) is 0 Å². The molecule has 0 atom stereocenters. The molecule has 3 aromatic carbocycles. The van der Waals surface area contributed by atoms with Crippen molar-refractivity contribution in [2.75, 3.05) is 11.9 Å². The second kappa shape index (κ2) is 7.39. The molecular weight excluding hydrogens is 310 g/mol. The summed E-state index contributed by atoms with van der Waals surface area (Å²) >= 11 is 0. The first kappa shape index (κ1) is 17.0. The SMILES string of the molecule is CC(C)(CCOC(=O)Nc1cccc2ccccc12)c1ccccc1. The van der Waals surface area contributed by atoms with Gasteiger partial charge in [0.1, 0.15) is 0 Å². The van der Waals surface area contributed by atoms with Gasteiger partial charge >= 0.3 is 6.09 Å². The van der Waals surface area contributed by atoms with Crippen molar-refractivity contribution in [1.82, 2.24) is 0 Å². The Labute approximate surface area is 148 Å². The molecular formula is C22H23NO2. The van der Waals surface area contributed by atoms with E-state index in [1.165, 1.54) is 5.56 Å². The minimum Gasteiger partial charge on any atom is -0.449 e. The van der Waals surface area contributed by atoms with Crippen LogP contribution in [0.15, 0.2) is 72.8 Å². The van der Waals surface area contributed by atoms with Crippen molar-refractivity contribution in [1.29, 1.82) is 0 Å². The molecule has 0 saturated carbocycles. The zero-order valence-corrected chi connectivity index (χ0v) is 14.7. The number of nitrogens with one attached hydrogen (secondary N) is 1. The van der Waals surface area contributed by atoms with Crippen molar-refractivity contribution in [2.45, 2.75) is 25.7 Å². The maximum atomic E-state index is 12.1. The minimum absolute atomic E-state index is 0.0407. The predicted octanol–water partition coefficient (Wildman–Crippen LogP) is 5.76. The van der Waals surface area contributed by atoms with Crippen molar-refractivity contribution in [2.24, 2.45) is 0 Å². The first-order valence-corrected chi connectivity index (χ1v) is 8.53. The summed E-state index contributed by atoms with van der Waals surface area (Å²) in [7, 11) is 0. The number of fused-ring (bicyclic) bond motifs is 1. The fraction of sp³-hybridized carbons (Fsp3) is 0.227. The molecule has 128 valence electrons. The van der Waals surface area contributed by atoms with Crippen LogP contribution in [0, 0.1) is 0 Å². The van der Waals surface area contributed by atoms with Gasteiger partial charge in [0.05, 0.1) is 12.3 Å². The number of amides is 1. The molecule has 0 aliphatic carbocycles. The normalized spacial score (nSPS) is 11.3. The van der Waals surface area contributed by atoms with Crippen molar-refractivity contribution in [3.63, 3.8) is 0 Å². The minimum atomic E-state index is -0.416. The molecule has 1 amide bonds. The van der Waals surface area contributed by atoms with E-state index in [0.29, 0.717) is 6.61 Å². The Kier molecular flexibility index (Phi) is 5.03. The second-order valence-electron chi connectivity index (χ2n) is 6.79. The fourth-order valence-electron chi connectivity index (χ4n) is 2.91. The van der Waals surface area contributed by atoms with Gasteiger partial charge in [-0.3, -0.25) is 5.32 Å². The molecule has 0 aliphatic rings. The van der Waals surface area contributed by atoms with Crippen LogP contribution in [0.5, 0.6) is 0 Å². The van der Waals surface area contributed by atoms with Gasteiger partial charge < -0.3 is 4.74 Å². The van der Waals surface area contributed by atoms with Gasteiger partial charge in [-0.1, -0.05) is 80.6 Å². The van der Waals surface area contributed by atoms with Crippen LogP contribution in [0.1, 0.15) is 25.8 Å². The van der Waals surface area contributed by atoms with Gasteiger partial charge in [-0.25, -0.2) is 4.79 Å². The van der Waals surface area contributed by atoms with E-state index in [1.807, 2.05) is 60.7 Å². The summed E-state index contributed by atoms with van der Waals surface area (Å²) in [5.74, 6) is 0. The maximum absolute atomic E-state index is 12.1. The van der Waals surface area contributed by atoms with Crippen LogP contribution in [-0.4, -0.2) is 12.7 Å². The van der Waals surface area contributed by atoms with Crippen molar-refractivity contribution in [3.8, 4) is 0 Å². The Hall–Kier alpha value is -2.81. The standard InChI is InChI=1S/C22H23NO2/c1-22(2,18-11-4-3-5-12-18)15-16-25-21(24)23-20-14-8-10-17-9-6-7-13-19(17)20/h3-14H,15-16H2,1-2H3,(H,23,24). The summed E-state index contributed by atoms with van der Waals surface area (Å²) in [5, 5.41) is 4.94. The van der Waals surface area contributed by atoms with Gasteiger partial charge in [0.15, 0.2) is 0 Å². The molecule has 25 heavy (non-hydrogen) atoms. The van der Waals surface area contributed by atoms with E-state index in [9.17, 15) is 4.79 Å². The summed E-state index contributed by atoms with van der Waals surface area (Å²) in [6.07, 6.45) is 0.347. The third kappa shape index (κ3) is 4.18. The van der Waals surface area contributed by atoms with E-state index < -0.39 is 6.09 Å². The summed E-state index contributed by atoms with van der Waals surface area (Å²) < 4.78 is 5.40. The van der Waals surface area contributed by atoms with Gasteiger partial charge in [-0.2, -0.15) is 0 Å². The summed E-state index contributed by atoms with van der Waals surface area (Å²) in [6.45, 7) is 4.70. The molecule has 3 heteroatoms. The average molecular weight is 333 g/mol. The van der Waals surface area contributed by atoms with Crippen LogP contribution in [0.3, 0.4) is 0 Å². The number of carbonyl (C=O) groups is 1. The quantitative estimate of drug-likeness (QED) is 0.645. The van der Waals surface area contributed by atoms with Crippen LogP contribution < -0.4 is 5.32 Å². The molecule has 3 nitrogen and oxygen atoms in total. The summed E-state index contributed by atoms with van der Waals surface area (Å²) in [6, 6.07) is 24.1. The molecule has 3 rings (SSSR count). The highest BCUT2D eigenvalue weighted by Crippen LogP contribution is 2.27. The number of hydrogen-bond acceptors (Lipinski definition) is 2. The highest BCUT2D eigenvalue weighted by molar-refractivity contribution is 6.00. The van der Waals surface area contributed by atoms with E-state index in [1.54, 1.807) is 0 Å². The first-order valence-electron chi connectivity index (χ1n) is 8.53. The zero-order valence-electron chi connectivity index (χ0n) is 14.7. The number of carbonyl (C=O) groups excluding carboxylic acids is 1. The van der Waals surface area contributed by atoms with Crippen LogP contribution in [0.4, 0.5) is 10.5 Å². The third-order valence-corrected chi connectivity index (χ3v) is 4.54. The maximum Gasteiger partial charge on any atom is 0.411 e. The molecule has 0 heterocycles. The van der Waals surface area contributed by atoms with Gasteiger partial charge in [0.2, 0.25) is 0 Å². The zero-order chi connectivity index (χ0) is 17.7. The molecule has 0 radical (unpaired) electrons. The van der Waals surface area contributed by atoms with Gasteiger partial charge in [-0.15, -0.1) is 0 Å². The number of benzene rings is 3. The van der Waals surface area contributed by atoms with Crippen LogP contribution in [-0.2, 0) is 10.2 Å². The number of rotatable bonds is 5. The summed E-state index contributed by atoms with van der Waals surface area (Å²) in [5.41, 5.74) is 1.97. The highest BCUT2D eigenvalue weighted by Gasteiger charge is 2.20. The largest absolute Gasteiger partial charge is 0.449 e. The summed E-state index contributed by atoms with van der Waals surface area (Å²) in [4.78, 5) is 12.1. The Bertz CT molecular complexity index is 851. The fourth-order valence-corrected chi connectivity index (χ4v) is 2.91. The van der Waals surface area contributed by atoms with E-state index in [4.69, 9.17) is 4.74 Å². The topological polar surface area (TPSA) is 38.3 Å². The lowest BCUT2D eigenvalue weighted by Gasteiger charge is -2.25. The monoisotopic (exact) mass is 333 g/mol. The van der Waals surface area contributed by atoms with E-state index >= 15 is 0 Å². The molecule has 0 fully saturated rings. The molecule has 0 aromatic heterocycles. The molecule has 1 N–H and O–H groups in total. The van der Waals surface area contributed by atoms with Crippen LogP contribution in [0.25, 0.3) is 10.8 Å². The smallest absolute Gasteiger partial charge is 0.411 e. The number of ether oxygens (including phenoxy) is 1. The molecule has 0 bridgehead atoms. The molecule has 0 saturated heterocycles. The highest BCUT2D eigenvalue weighted by atomic mass is 16.5. The Morgan fingerprint density at radius 3 is 2.40 bits per heavy atom. The number of anilines is 1. The third-order valence-electron chi connectivity index (χ3n) is 4.54. The molecule has 0 spiro atoms. The molecule has 0 aliphatic heterocycles. The lowest BCUT2D eigenvalue weighted by atomic mass is 9.82. The average Bonchev–Trinajstić information content (AvgIpc) is 2.63. The number of hydrogen-bond donors (Lipinski definition) is 1. The Morgan fingerprint density at radius 1 is 0.920 bits per heavy atom. The Morgan fingerprint density at radius 2 is 1.60 bits per heavy atom. The predicted molar refractivity (Wildman–Crippen MR) is 103 cm³/mol. The van der Waals surface area contributed by atoms with Gasteiger partial charge in [-0.05, 0) is 28.9 Å². The first-order chi connectivity index (χ1) is 12.1.